The van der Waals surface area contributed by atoms with Crippen molar-refractivity contribution in [1.82, 2.24) is 5.32 Å². The van der Waals surface area contributed by atoms with Gasteiger partial charge in [-0.25, -0.2) is 0 Å². The highest BCUT2D eigenvalue weighted by molar-refractivity contribution is 9.10. The molecule has 2 rings (SSSR count). The molecule has 4 heteroatoms. The summed E-state index contributed by atoms with van der Waals surface area (Å²) in [4.78, 5) is 3.69. The molecule has 114 valence electrons. The minimum absolute atomic E-state index is 0.949. The molecule has 0 unspecified atom stereocenters. The first-order valence-corrected chi connectivity index (χ1v) is 9.01. The summed E-state index contributed by atoms with van der Waals surface area (Å²) in [5, 5.41) is 5.59. The topological polar surface area (TPSA) is 15.3 Å². The molecular formula is C17H23BrN2S. The number of hydrogen-bond acceptors (Lipinski definition) is 3. The van der Waals surface area contributed by atoms with E-state index in [1.54, 1.807) is 11.3 Å². The van der Waals surface area contributed by atoms with E-state index in [9.17, 15) is 0 Å². The van der Waals surface area contributed by atoms with Crippen LogP contribution in [0.25, 0.3) is 0 Å². The van der Waals surface area contributed by atoms with Gasteiger partial charge in [0.2, 0.25) is 0 Å². The summed E-state index contributed by atoms with van der Waals surface area (Å²) in [6.45, 7) is 7.37. The van der Waals surface area contributed by atoms with Crippen molar-refractivity contribution in [3.8, 4) is 0 Å². The maximum Gasteiger partial charge on any atom is 0.0520 e. The first-order valence-electron chi connectivity index (χ1n) is 7.34. The first kappa shape index (κ1) is 16.5. The fourth-order valence-corrected chi connectivity index (χ4v) is 3.92. The molecule has 0 bridgehead atoms. The monoisotopic (exact) mass is 366 g/mol. The number of hydrogen-bond donors (Lipinski definition) is 1. The van der Waals surface area contributed by atoms with Crippen molar-refractivity contribution in [2.45, 2.75) is 33.4 Å². The average Bonchev–Trinajstić information content (AvgIpc) is 2.84. The Morgan fingerprint density at radius 3 is 2.71 bits per heavy atom. The molecule has 0 amide bonds. The molecule has 2 nitrogen and oxygen atoms in total. The molecule has 0 saturated heterocycles. The molecule has 0 atom stereocenters. The van der Waals surface area contributed by atoms with E-state index in [0.717, 1.165) is 19.6 Å². The SMILES string of the molecule is CCCNCc1ccc(N(C)Cc2cc(Br)cs2)c(C)c1. The van der Waals surface area contributed by atoms with Crippen LogP contribution in [0.4, 0.5) is 5.69 Å². The number of thiophene rings is 1. The molecule has 1 heterocycles. The van der Waals surface area contributed by atoms with Gasteiger partial charge in [0.1, 0.15) is 0 Å². The van der Waals surface area contributed by atoms with E-state index in [4.69, 9.17) is 0 Å². The van der Waals surface area contributed by atoms with Gasteiger partial charge in [0.25, 0.3) is 0 Å². The fourth-order valence-electron chi connectivity index (χ4n) is 2.42. The molecule has 0 aliphatic rings. The summed E-state index contributed by atoms with van der Waals surface area (Å²) in [6.07, 6.45) is 1.18. The second-order valence-electron chi connectivity index (χ2n) is 5.38. The zero-order chi connectivity index (χ0) is 15.2. The molecule has 0 aliphatic carbocycles. The zero-order valence-electron chi connectivity index (χ0n) is 12.9. The van der Waals surface area contributed by atoms with Crippen LogP contribution >= 0.6 is 27.3 Å². The van der Waals surface area contributed by atoms with Crippen LogP contribution in [0.15, 0.2) is 34.1 Å². The van der Waals surface area contributed by atoms with Crippen molar-refractivity contribution < 1.29 is 0 Å². The van der Waals surface area contributed by atoms with Crippen LogP contribution in [0.2, 0.25) is 0 Å². The van der Waals surface area contributed by atoms with E-state index in [1.807, 2.05) is 0 Å². The number of rotatable bonds is 7. The van der Waals surface area contributed by atoms with E-state index in [2.05, 4.69) is 76.7 Å². The average molecular weight is 367 g/mol. The Morgan fingerprint density at radius 2 is 2.10 bits per heavy atom. The maximum atomic E-state index is 3.52. The normalized spacial score (nSPS) is 10.9. The summed E-state index contributed by atoms with van der Waals surface area (Å²) in [5.74, 6) is 0. The van der Waals surface area contributed by atoms with Gasteiger partial charge < -0.3 is 10.2 Å². The first-order chi connectivity index (χ1) is 10.1. The number of nitrogens with zero attached hydrogens (tertiary/aromatic N) is 1. The van der Waals surface area contributed by atoms with Crippen molar-refractivity contribution in [3.05, 3.63) is 50.1 Å². The van der Waals surface area contributed by atoms with E-state index >= 15 is 0 Å². The zero-order valence-corrected chi connectivity index (χ0v) is 15.4. The highest BCUT2D eigenvalue weighted by Crippen LogP contribution is 2.25. The van der Waals surface area contributed by atoms with E-state index in [-0.39, 0.29) is 0 Å². The van der Waals surface area contributed by atoms with Gasteiger partial charge in [-0.05, 0) is 59.1 Å². The molecule has 1 aromatic heterocycles. The molecule has 0 saturated carbocycles. The van der Waals surface area contributed by atoms with Crippen molar-refractivity contribution in [1.29, 1.82) is 0 Å². The van der Waals surface area contributed by atoms with Gasteiger partial charge in [-0.2, -0.15) is 0 Å². The smallest absolute Gasteiger partial charge is 0.0520 e. The number of nitrogens with one attached hydrogen (secondary N) is 1. The molecule has 1 aromatic carbocycles. The van der Waals surface area contributed by atoms with Crippen LogP contribution in [0.5, 0.6) is 0 Å². The number of halogens is 1. The van der Waals surface area contributed by atoms with Crippen molar-refractivity contribution >= 4 is 33.0 Å². The Bertz CT molecular complexity index is 580. The third-order valence-corrected chi connectivity index (χ3v) is 5.13. The second kappa shape index (κ2) is 7.97. The Hall–Kier alpha value is -0.840. The lowest BCUT2D eigenvalue weighted by atomic mass is 10.1. The minimum atomic E-state index is 0.949. The van der Waals surface area contributed by atoms with Gasteiger partial charge in [0.15, 0.2) is 0 Å². The lowest BCUT2D eigenvalue weighted by Gasteiger charge is -2.21. The van der Waals surface area contributed by atoms with Crippen LogP contribution in [0.1, 0.15) is 29.3 Å². The standard InChI is InChI=1S/C17H23BrN2S/c1-4-7-19-10-14-5-6-17(13(2)8-14)20(3)11-16-9-15(18)12-21-16/h5-6,8-9,12,19H,4,7,10-11H2,1-3H3. The summed E-state index contributed by atoms with van der Waals surface area (Å²) in [5.41, 5.74) is 4.00. The Balaban J connectivity index is 2.02. The van der Waals surface area contributed by atoms with Crippen LogP contribution < -0.4 is 10.2 Å². The summed E-state index contributed by atoms with van der Waals surface area (Å²) < 4.78 is 1.17. The quantitative estimate of drug-likeness (QED) is 0.696. The van der Waals surface area contributed by atoms with Crippen molar-refractivity contribution in [2.75, 3.05) is 18.5 Å². The highest BCUT2D eigenvalue weighted by atomic mass is 79.9. The van der Waals surface area contributed by atoms with Crippen molar-refractivity contribution in [2.24, 2.45) is 0 Å². The molecule has 0 aliphatic heterocycles. The van der Waals surface area contributed by atoms with Crippen LogP contribution in [-0.4, -0.2) is 13.6 Å². The van der Waals surface area contributed by atoms with Gasteiger partial charge in [-0.15, -0.1) is 11.3 Å². The van der Waals surface area contributed by atoms with Crippen LogP contribution in [0.3, 0.4) is 0 Å². The fraction of sp³-hybridized carbons (Fsp3) is 0.412. The van der Waals surface area contributed by atoms with Crippen LogP contribution in [0, 0.1) is 6.92 Å². The van der Waals surface area contributed by atoms with Crippen molar-refractivity contribution in [3.63, 3.8) is 0 Å². The number of anilines is 1. The Labute approximate surface area is 140 Å². The Kier molecular flexibility index (Phi) is 6.27. The number of benzene rings is 1. The predicted octanol–water partition coefficient (Wildman–Crippen LogP) is 4.96. The Morgan fingerprint density at radius 1 is 1.29 bits per heavy atom. The summed E-state index contributed by atoms with van der Waals surface area (Å²) in [6, 6.07) is 8.95. The maximum absolute atomic E-state index is 3.52. The summed E-state index contributed by atoms with van der Waals surface area (Å²) in [7, 11) is 2.16. The lowest BCUT2D eigenvalue weighted by molar-refractivity contribution is 0.675. The third-order valence-electron chi connectivity index (χ3n) is 3.44. The van der Waals surface area contributed by atoms with Gasteiger partial charge in [0.05, 0.1) is 6.54 Å². The third kappa shape index (κ3) is 4.83. The largest absolute Gasteiger partial charge is 0.369 e. The predicted molar refractivity (Wildman–Crippen MR) is 97.3 cm³/mol. The second-order valence-corrected chi connectivity index (χ2v) is 7.30. The number of aryl methyl sites for hydroxylation is 1. The molecule has 0 radical (unpaired) electrons. The van der Waals surface area contributed by atoms with Gasteiger partial charge in [-0.1, -0.05) is 19.1 Å². The van der Waals surface area contributed by atoms with Crippen LogP contribution in [-0.2, 0) is 13.1 Å². The van der Waals surface area contributed by atoms with Gasteiger partial charge >= 0.3 is 0 Å². The van der Waals surface area contributed by atoms with E-state index in [1.165, 1.54) is 32.6 Å². The summed E-state index contributed by atoms with van der Waals surface area (Å²) >= 11 is 5.31. The highest BCUT2D eigenvalue weighted by Gasteiger charge is 2.07. The molecule has 0 fully saturated rings. The van der Waals surface area contributed by atoms with Gasteiger partial charge in [0, 0.05) is 34.0 Å². The van der Waals surface area contributed by atoms with E-state index in [0.29, 0.717) is 0 Å². The molecule has 0 spiro atoms. The van der Waals surface area contributed by atoms with Gasteiger partial charge in [-0.3, -0.25) is 0 Å². The molecule has 21 heavy (non-hydrogen) atoms. The van der Waals surface area contributed by atoms with E-state index < -0.39 is 0 Å². The molecule has 2 aromatic rings. The lowest BCUT2D eigenvalue weighted by Crippen LogP contribution is -2.17. The molecular weight excluding hydrogens is 344 g/mol. The molecule has 1 N–H and O–H groups in total. The minimum Gasteiger partial charge on any atom is -0.369 e.